The Morgan fingerprint density at radius 1 is 0.864 bits per heavy atom. The molecule has 0 radical (unpaired) electrons. The molecule has 2 amide bonds. The van der Waals surface area contributed by atoms with E-state index >= 15 is 0 Å². The third-order valence-electron chi connectivity index (χ3n) is 4.22. The first-order valence-corrected chi connectivity index (χ1v) is 11.2. The lowest BCUT2D eigenvalue weighted by Gasteiger charge is -2.22. The Morgan fingerprint density at radius 3 is 1.68 bits per heavy atom. The number of carbonyl (C=O) groups excluding carboxylic acids is 1. The average Bonchev–Trinajstić information content (AvgIpc) is 2.51. The zero-order valence-electron chi connectivity index (χ0n) is 14.8. The van der Waals surface area contributed by atoms with Crippen LogP contribution in [0.15, 0.2) is 0 Å². The van der Waals surface area contributed by atoms with Crippen molar-refractivity contribution in [2.45, 2.75) is 76.8 Å². The number of rotatable bonds is 15. The molecule has 6 heteroatoms. The van der Waals surface area contributed by atoms with E-state index in [0.29, 0.717) is 6.54 Å². The highest BCUT2D eigenvalue weighted by molar-refractivity contribution is 6.65. The minimum Gasteiger partial charge on any atom is -0.398 e. The summed E-state index contributed by atoms with van der Waals surface area (Å²) in [6.45, 7) is 2.84. The van der Waals surface area contributed by atoms with Gasteiger partial charge in [0, 0.05) is 20.8 Å². The molecule has 5 nitrogen and oxygen atoms in total. The van der Waals surface area contributed by atoms with Crippen molar-refractivity contribution in [1.82, 2.24) is 5.32 Å². The van der Waals surface area contributed by atoms with Crippen molar-refractivity contribution in [2.24, 2.45) is 5.73 Å². The van der Waals surface area contributed by atoms with Crippen LogP contribution in [0.3, 0.4) is 0 Å². The maximum absolute atomic E-state index is 10.5. The van der Waals surface area contributed by atoms with Crippen molar-refractivity contribution in [1.29, 1.82) is 0 Å². The quantitative estimate of drug-likeness (QED) is 0.352. The van der Waals surface area contributed by atoms with Crippen LogP contribution < -0.4 is 11.1 Å². The Hall–Kier alpha value is -0.593. The average molecular weight is 333 g/mol. The van der Waals surface area contributed by atoms with E-state index in [1.807, 2.05) is 0 Å². The molecule has 0 rings (SSSR count). The molecular weight excluding hydrogens is 296 g/mol. The van der Waals surface area contributed by atoms with Gasteiger partial charge in [0.05, 0.1) is 0 Å². The zero-order valence-corrected chi connectivity index (χ0v) is 15.8. The summed E-state index contributed by atoms with van der Waals surface area (Å²) >= 11 is 0. The molecule has 0 heterocycles. The van der Waals surface area contributed by atoms with E-state index in [4.69, 9.17) is 14.6 Å². The predicted octanol–water partition coefficient (Wildman–Crippen LogP) is 3.92. The van der Waals surface area contributed by atoms with Crippen LogP contribution in [0.4, 0.5) is 4.79 Å². The number of unbranched alkanes of at least 4 members (excludes halogenated alkanes) is 9. The summed E-state index contributed by atoms with van der Waals surface area (Å²) in [5.41, 5.74) is 5.00. The van der Waals surface area contributed by atoms with Gasteiger partial charge in [-0.3, -0.25) is 0 Å². The number of nitrogens with one attached hydrogen (secondary N) is 1. The molecule has 22 heavy (non-hydrogen) atoms. The lowest BCUT2D eigenvalue weighted by Crippen LogP contribution is -2.35. The van der Waals surface area contributed by atoms with Gasteiger partial charge in [-0.2, -0.15) is 0 Å². The van der Waals surface area contributed by atoms with Crippen LogP contribution in [0.1, 0.15) is 64.2 Å². The molecule has 0 aliphatic heterocycles. The summed E-state index contributed by atoms with van der Waals surface area (Å²) < 4.78 is 11.0. The molecule has 0 saturated carbocycles. The second-order valence-electron chi connectivity index (χ2n) is 6.12. The SMILES string of the molecule is CO[Si](C)(CCCCCCCCCCCCNC(N)=O)OC. The summed E-state index contributed by atoms with van der Waals surface area (Å²) in [5.74, 6) is 0. The highest BCUT2D eigenvalue weighted by Crippen LogP contribution is 2.17. The summed E-state index contributed by atoms with van der Waals surface area (Å²) in [6, 6.07) is 0.679. The summed E-state index contributed by atoms with van der Waals surface area (Å²) in [6.07, 6.45) is 12.6. The van der Waals surface area contributed by atoms with Crippen LogP contribution in [0.25, 0.3) is 0 Å². The second-order valence-corrected chi connectivity index (χ2v) is 9.70. The number of primary amides is 1. The van der Waals surface area contributed by atoms with E-state index in [-0.39, 0.29) is 0 Å². The summed E-state index contributed by atoms with van der Waals surface area (Å²) in [5, 5.41) is 2.62. The second kappa shape index (κ2) is 14.0. The predicted molar refractivity (Wildman–Crippen MR) is 94.2 cm³/mol. The Kier molecular flexibility index (Phi) is 13.6. The fraction of sp³-hybridized carbons (Fsp3) is 0.938. The lowest BCUT2D eigenvalue weighted by molar-refractivity contribution is 0.247. The van der Waals surface area contributed by atoms with E-state index in [0.717, 1.165) is 12.5 Å². The van der Waals surface area contributed by atoms with E-state index in [1.54, 1.807) is 14.2 Å². The van der Waals surface area contributed by atoms with Crippen LogP contribution in [-0.2, 0) is 8.85 Å². The third-order valence-corrected chi connectivity index (χ3v) is 7.21. The number of nitrogens with two attached hydrogens (primary N) is 1. The molecule has 0 aliphatic carbocycles. The van der Waals surface area contributed by atoms with Crippen LogP contribution in [-0.4, -0.2) is 35.4 Å². The van der Waals surface area contributed by atoms with Crippen molar-refractivity contribution >= 4 is 14.6 Å². The van der Waals surface area contributed by atoms with Gasteiger partial charge in [0.15, 0.2) is 0 Å². The van der Waals surface area contributed by atoms with Gasteiger partial charge in [-0.05, 0) is 19.0 Å². The van der Waals surface area contributed by atoms with E-state index in [1.165, 1.54) is 57.8 Å². The van der Waals surface area contributed by atoms with Gasteiger partial charge in [-0.15, -0.1) is 0 Å². The molecule has 0 aliphatic rings. The molecule has 132 valence electrons. The molecule has 0 aromatic heterocycles. The topological polar surface area (TPSA) is 73.6 Å². The maximum atomic E-state index is 10.5. The number of amides is 2. The van der Waals surface area contributed by atoms with Gasteiger partial charge < -0.3 is 19.9 Å². The van der Waals surface area contributed by atoms with E-state index in [9.17, 15) is 4.79 Å². The van der Waals surface area contributed by atoms with Crippen molar-refractivity contribution in [3.8, 4) is 0 Å². The molecule has 0 fully saturated rings. The molecule has 0 aromatic rings. The number of hydrogen-bond acceptors (Lipinski definition) is 3. The standard InChI is InChI=1S/C16H36N2O3Si/c1-20-22(3,21-2)15-13-11-9-7-5-4-6-8-10-12-14-18-16(17)19/h4-15H2,1-3H3,(H3,17,18,19). The molecule has 0 spiro atoms. The Bertz CT molecular complexity index is 274. The molecule has 0 atom stereocenters. The first kappa shape index (κ1) is 21.4. The number of urea groups is 1. The fourth-order valence-electron chi connectivity index (χ4n) is 2.48. The first-order chi connectivity index (χ1) is 10.5. The van der Waals surface area contributed by atoms with E-state index in [2.05, 4.69) is 11.9 Å². The molecule has 0 bridgehead atoms. The van der Waals surface area contributed by atoms with Gasteiger partial charge in [0.25, 0.3) is 0 Å². The number of carbonyl (C=O) groups is 1. The monoisotopic (exact) mass is 332 g/mol. The third kappa shape index (κ3) is 13.1. The summed E-state index contributed by atoms with van der Waals surface area (Å²) in [4.78, 5) is 10.5. The smallest absolute Gasteiger partial charge is 0.334 e. The van der Waals surface area contributed by atoms with Gasteiger partial charge >= 0.3 is 14.6 Å². The largest absolute Gasteiger partial charge is 0.398 e. The molecule has 0 unspecified atom stereocenters. The van der Waals surface area contributed by atoms with Crippen molar-refractivity contribution in [2.75, 3.05) is 20.8 Å². The van der Waals surface area contributed by atoms with Gasteiger partial charge in [0.1, 0.15) is 0 Å². The highest BCUT2D eigenvalue weighted by atomic mass is 28.4. The zero-order chi connectivity index (χ0) is 16.7. The Morgan fingerprint density at radius 2 is 1.27 bits per heavy atom. The molecular formula is C16H36N2O3Si. The normalized spacial score (nSPS) is 11.6. The minimum atomic E-state index is -1.84. The first-order valence-electron chi connectivity index (χ1n) is 8.67. The number of hydrogen-bond donors (Lipinski definition) is 2. The maximum Gasteiger partial charge on any atom is 0.334 e. The van der Waals surface area contributed by atoms with Crippen LogP contribution in [0.5, 0.6) is 0 Å². The van der Waals surface area contributed by atoms with Crippen molar-refractivity contribution in [3.05, 3.63) is 0 Å². The Balaban J connectivity index is 3.19. The molecule has 0 saturated heterocycles. The van der Waals surface area contributed by atoms with E-state index < -0.39 is 14.6 Å². The highest BCUT2D eigenvalue weighted by Gasteiger charge is 2.27. The Labute approximate surface area is 137 Å². The van der Waals surface area contributed by atoms with Crippen LogP contribution >= 0.6 is 0 Å². The lowest BCUT2D eigenvalue weighted by atomic mass is 10.1. The minimum absolute atomic E-state index is 0.418. The fourth-order valence-corrected chi connectivity index (χ4v) is 3.95. The summed E-state index contributed by atoms with van der Waals surface area (Å²) in [7, 11) is 1.69. The van der Waals surface area contributed by atoms with Crippen LogP contribution in [0.2, 0.25) is 12.6 Å². The van der Waals surface area contributed by atoms with Gasteiger partial charge in [0.2, 0.25) is 0 Å². The molecule has 0 aromatic carbocycles. The van der Waals surface area contributed by atoms with Crippen molar-refractivity contribution < 1.29 is 13.6 Å². The molecule has 3 N–H and O–H groups in total. The van der Waals surface area contributed by atoms with Gasteiger partial charge in [-0.25, -0.2) is 4.79 Å². The van der Waals surface area contributed by atoms with Gasteiger partial charge in [-0.1, -0.05) is 57.8 Å². The van der Waals surface area contributed by atoms with Crippen LogP contribution in [0, 0.1) is 0 Å². The van der Waals surface area contributed by atoms with Crippen molar-refractivity contribution in [3.63, 3.8) is 0 Å².